The van der Waals surface area contributed by atoms with E-state index in [4.69, 9.17) is 21.0 Å². The molecular formula is C11H15N3O3. The number of carbonyl (C=O) groups is 1. The number of nitrogen functional groups attached to an aromatic ring is 1. The number of carboxylic acid groups (broad SMARTS) is 1. The highest BCUT2D eigenvalue weighted by Crippen LogP contribution is 2.08. The first-order valence-corrected chi connectivity index (χ1v) is 4.94. The van der Waals surface area contributed by atoms with Crippen molar-refractivity contribution in [1.29, 1.82) is 5.41 Å². The molecule has 1 aromatic carbocycles. The van der Waals surface area contributed by atoms with Gasteiger partial charge in [-0.25, -0.2) is 4.79 Å². The van der Waals surface area contributed by atoms with Crippen LogP contribution in [0.3, 0.4) is 0 Å². The fraction of sp³-hybridized carbons (Fsp3) is 0.273. The van der Waals surface area contributed by atoms with Gasteiger partial charge in [-0.1, -0.05) is 18.2 Å². The van der Waals surface area contributed by atoms with Gasteiger partial charge in [-0.3, -0.25) is 10.3 Å². The molecule has 0 aliphatic carbocycles. The van der Waals surface area contributed by atoms with Gasteiger partial charge in [0.05, 0.1) is 6.54 Å². The van der Waals surface area contributed by atoms with Gasteiger partial charge in [-0.2, -0.15) is 0 Å². The molecule has 0 saturated carbocycles. The Morgan fingerprint density at radius 1 is 1.59 bits per heavy atom. The Labute approximate surface area is 99.1 Å². The molecule has 0 bridgehead atoms. The van der Waals surface area contributed by atoms with Crippen LogP contribution in [0.1, 0.15) is 11.1 Å². The van der Waals surface area contributed by atoms with E-state index >= 15 is 0 Å². The summed E-state index contributed by atoms with van der Waals surface area (Å²) in [5, 5.41) is 16.2. The van der Waals surface area contributed by atoms with E-state index in [9.17, 15) is 4.79 Å². The molecule has 1 amide bonds. The lowest BCUT2D eigenvalue weighted by Crippen LogP contribution is -2.30. The topological polar surface area (TPSA) is 99.6 Å². The van der Waals surface area contributed by atoms with Crippen molar-refractivity contribution >= 4 is 11.9 Å². The molecule has 0 heterocycles. The highest BCUT2D eigenvalue weighted by Gasteiger charge is 2.11. The molecule has 0 unspecified atom stereocenters. The molecule has 92 valence electrons. The van der Waals surface area contributed by atoms with Crippen LogP contribution in [0, 0.1) is 5.41 Å². The van der Waals surface area contributed by atoms with Crippen LogP contribution < -0.4 is 5.73 Å². The lowest BCUT2D eigenvalue weighted by molar-refractivity contribution is 0.0557. The number of benzene rings is 1. The van der Waals surface area contributed by atoms with Gasteiger partial charge in [-0.15, -0.1) is 0 Å². The zero-order valence-electron chi connectivity index (χ0n) is 9.51. The minimum Gasteiger partial charge on any atom is -0.465 e. The zero-order chi connectivity index (χ0) is 12.8. The van der Waals surface area contributed by atoms with Gasteiger partial charge in [0, 0.05) is 12.7 Å². The van der Waals surface area contributed by atoms with Crippen molar-refractivity contribution in [2.24, 2.45) is 5.73 Å². The Morgan fingerprint density at radius 2 is 2.29 bits per heavy atom. The number of rotatable bonds is 5. The van der Waals surface area contributed by atoms with Crippen LogP contribution in [-0.2, 0) is 11.3 Å². The fourth-order valence-electron chi connectivity index (χ4n) is 1.38. The second-order valence-electron chi connectivity index (χ2n) is 3.51. The number of hydrogen-bond acceptors (Lipinski definition) is 3. The minimum absolute atomic E-state index is 0.000365. The van der Waals surface area contributed by atoms with E-state index in [0.29, 0.717) is 5.56 Å². The molecule has 0 atom stereocenters. The predicted octanol–water partition coefficient (Wildman–Crippen LogP) is 1.05. The van der Waals surface area contributed by atoms with Crippen LogP contribution in [0.4, 0.5) is 4.79 Å². The molecule has 1 rings (SSSR count). The van der Waals surface area contributed by atoms with Gasteiger partial charge in [0.1, 0.15) is 12.6 Å². The van der Waals surface area contributed by atoms with Gasteiger partial charge < -0.3 is 15.6 Å². The summed E-state index contributed by atoms with van der Waals surface area (Å²) in [6.07, 6.45) is -1.06. The van der Waals surface area contributed by atoms with Crippen LogP contribution in [-0.4, -0.2) is 35.8 Å². The normalized spacial score (nSPS) is 9.94. The standard InChI is InChI=1S/C11H15N3O3/c1-17-7-14(11(15)16)6-8-3-2-4-9(5-8)10(12)13/h2-5H,6-7H2,1H3,(H3,12,13)(H,15,16). The second kappa shape index (κ2) is 5.86. The van der Waals surface area contributed by atoms with Crippen molar-refractivity contribution in [3.8, 4) is 0 Å². The Balaban J connectivity index is 2.82. The van der Waals surface area contributed by atoms with E-state index in [-0.39, 0.29) is 19.1 Å². The molecule has 4 N–H and O–H groups in total. The van der Waals surface area contributed by atoms with Gasteiger partial charge in [0.2, 0.25) is 0 Å². The van der Waals surface area contributed by atoms with Crippen LogP contribution in [0.15, 0.2) is 24.3 Å². The molecule has 0 aliphatic rings. The predicted molar refractivity (Wildman–Crippen MR) is 62.9 cm³/mol. The Kier molecular flexibility index (Phi) is 4.47. The van der Waals surface area contributed by atoms with E-state index in [1.807, 2.05) is 0 Å². The Bertz CT molecular complexity index is 420. The molecule has 0 fully saturated rings. The molecule has 1 aromatic rings. The number of ether oxygens (including phenoxy) is 1. The number of nitrogens with one attached hydrogen (secondary N) is 1. The van der Waals surface area contributed by atoms with Crippen molar-refractivity contribution in [2.45, 2.75) is 6.54 Å². The third-order valence-electron chi connectivity index (χ3n) is 2.17. The summed E-state index contributed by atoms with van der Waals surface area (Å²) in [5.74, 6) is -0.0412. The van der Waals surface area contributed by atoms with Crippen LogP contribution in [0.2, 0.25) is 0 Å². The number of methoxy groups -OCH3 is 1. The van der Waals surface area contributed by atoms with E-state index in [2.05, 4.69) is 0 Å². The number of nitrogens with two attached hydrogens (primary N) is 1. The van der Waals surface area contributed by atoms with Crippen molar-refractivity contribution in [3.63, 3.8) is 0 Å². The number of hydrogen-bond donors (Lipinski definition) is 3. The SMILES string of the molecule is COCN(Cc1cccc(C(=N)N)c1)C(=O)O. The molecular weight excluding hydrogens is 222 g/mol. The number of amides is 1. The molecule has 0 aliphatic heterocycles. The molecule has 6 nitrogen and oxygen atoms in total. The van der Waals surface area contributed by atoms with Crippen molar-refractivity contribution in [2.75, 3.05) is 13.8 Å². The van der Waals surface area contributed by atoms with E-state index in [1.165, 1.54) is 7.11 Å². The maximum absolute atomic E-state index is 10.9. The molecule has 17 heavy (non-hydrogen) atoms. The van der Waals surface area contributed by atoms with Gasteiger partial charge >= 0.3 is 6.09 Å². The highest BCUT2D eigenvalue weighted by atomic mass is 16.5. The third-order valence-corrected chi connectivity index (χ3v) is 2.17. The average Bonchev–Trinajstić information content (AvgIpc) is 2.28. The maximum atomic E-state index is 10.9. The van der Waals surface area contributed by atoms with E-state index in [1.54, 1.807) is 24.3 Å². The highest BCUT2D eigenvalue weighted by molar-refractivity contribution is 5.95. The maximum Gasteiger partial charge on any atom is 0.409 e. The smallest absolute Gasteiger partial charge is 0.409 e. The molecule has 0 aromatic heterocycles. The van der Waals surface area contributed by atoms with Crippen molar-refractivity contribution < 1.29 is 14.6 Å². The van der Waals surface area contributed by atoms with Crippen molar-refractivity contribution in [3.05, 3.63) is 35.4 Å². The monoisotopic (exact) mass is 237 g/mol. The summed E-state index contributed by atoms with van der Waals surface area (Å²) < 4.78 is 4.79. The summed E-state index contributed by atoms with van der Waals surface area (Å²) >= 11 is 0. The van der Waals surface area contributed by atoms with Gasteiger partial charge in [-0.05, 0) is 11.6 Å². The number of amidine groups is 1. The minimum atomic E-state index is -1.06. The lowest BCUT2D eigenvalue weighted by Gasteiger charge is -2.18. The zero-order valence-corrected chi connectivity index (χ0v) is 9.51. The van der Waals surface area contributed by atoms with Crippen LogP contribution in [0.25, 0.3) is 0 Å². The van der Waals surface area contributed by atoms with Crippen molar-refractivity contribution in [1.82, 2.24) is 4.90 Å². The van der Waals surface area contributed by atoms with E-state index < -0.39 is 6.09 Å². The summed E-state index contributed by atoms with van der Waals surface area (Å²) in [6.45, 7) is 0.198. The number of nitrogens with zero attached hydrogens (tertiary/aromatic N) is 1. The first-order valence-electron chi connectivity index (χ1n) is 4.94. The average molecular weight is 237 g/mol. The quantitative estimate of drug-likeness (QED) is 0.405. The van der Waals surface area contributed by atoms with Crippen LogP contribution in [0.5, 0.6) is 0 Å². The third kappa shape index (κ3) is 3.76. The lowest BCUT2D eigenvalue weighted by atomic mass is 10.1. The molecule has 0 radical (unpaired) electrons. The second-order valence-corrected chi connectivity index (χ2v) is 3.51. The summed E-state index contributed by atoms with van der Waals surface area (Å²) in [4.78, 5) is 12.0. The summed E-state index contributed by atoms with van der Waals surface area (Å²) in [5.41, 5.74) is 6.70. The van der Waals surface area contributed by atoms with Crippen LogP contribution >= 0.6 is 0 Å². The fourth-order valence-corrected chi connectivity index (χ4v) is 1.38. The largest absolute Gasteiger partial charge is 0.465 e. The Hall–Kier alpha value is -2.08. The summed E-state index contributed by atoms with van der Waals surface area (Å²) in [6, 6.07) is 6.90. The molecule has 6 heteroatoms. The molecule has 0 saturated heterocycles. The van der Waals surface area contributed by atoms with Gasteiger partial charge in [0.15, 0.2) is 0 Å². The summed E-state index contributed by atoms with van der Waals surface area (Å²) in [7, 11) is 1.43. The first kappa shape index (κ1) is 13.0. The molecule has 0 spiro atoms. The van der Waals surface area contributed by atoms with Gasteiger partial charge in [0.25, 0.3) is 0 Å². The van der Waals surface area contributed by atoms with E-state index in [0.717, 1.165) is 10.5 Å². The Morgan fingerprint density at radius 3 is 2.82 bits per heavy atom. The first-order chi connectivity index (χ1) is 8.04.